The first-order chi connectivity index (χ1) is 13.7. The van der Waals surface area contributed by atoms with E-state index in [1.54, 1.807) is 13.0 Å². The molecule has 1 aromatic heterocycles. The maximum Gasteiger partial charge on any atom is 0.341 e. The van der Waals surface area contributed by atoms with E-state index in [1.807, 2.05) is 36.5 Å². The molecule has 7 heteroatoms. The lowest BCUT2D eigenvalue weighted by atomic mass is 10.1. The highest BCUT2D eigenvalue weighted by Crippen LogP contribution is 2.36. The molecular formula is C21H22ClN3O3. The van der Waals surface area contributed by atoms with Gasteiger partial charge in [0.2, 0.25) is 0 Å². The third-order valence-corrected chi connectivity index (χ3v) is 5.06. The Morgan fingerprint density at radius 2 is 1.96 bits per heavy atom. The van der Waals surface area contributed by atoms with Gasteiger partial charge in [0.15, 0.2) is 0 Å². The second-order valence-electron chi connectivity index (χ2n) is 6.59. The number of nitrogens with one attached hydrogen (secondary N) is 2. The van der Waals surface area contributed by atoms with Gasteiger partial charge in [0.1, 0.15) is 17.1 Å². The van der Waals surface area contributed by atoms with Crippen LogP contribution in [0, 0.1) is 0 Å². The molecule has 1 fully saturated rings. The van der Waals surface area contributed by atoms with E-state index in [9.17, 15) is 4.79 Å². The van der Waals surface area contributed by atoms with Gasteiger partial charge in [0.05, 0.1) is 11.6 Å². The fourth-order valence-corrected chi connectivity index (χ4v) is 3.54. The van der Waals surface area contributed by atoms with Crippen molar-refractivity contribution < 1.29 is 14.3 Å². The molecule has 1 saturated heterocycles. The molecule has 28 heavy (non-hydrogen) atoms. The van der Waals surface area contributed by atoms with Crippen LogP contribution >= 0.6 is 11.6 Å². The number of fused-ring (bicyclic) bond motifs is 1. The van der Waals surface area contributed by atoms with Crippen molar-refractivity contribution in [2.75, 3.05) is 37.7 Å². The molecule has 1 aliphatic heterocycles. The highest BCUT2D eigenvalue weighted by molar-refractivity contribution is 6.32. The first-order valence-electron chi connectivity index (χ1n) is 9.37. The number of carbonyl (C=O) groups excluding carboxylic acids is 1. The number of rotatable bonds is 5. The minimum Gasteiger partial charge on any atom is -0.462 e. The van der Waals surface area contributed by atoms with Gasteiger partial charge < -0.3 is 24.7 Å². The fraction of sp³-hybridized carbons (Fsp3) is 0.286. The number of aromatic amines is 1. The predicted octanol–water partition coefficient (Wildman–Crippen LogP) is 4.20. The number of benzene rings is 2. The lowest BCUT2D eigenvalue weighted by molar-refractivity contribution is 0.0523. The highest BCUT2D eigenvalue weighted by Gasteiger charge is 2.19. The number of aromatic nitrogens is 1. The van der Waals surface area contributed by atoms with Crippen LogP contribution in [-0.4, -0.2) is 43.7 Å². The summed E-state index contributed by atoms with van der Waals surface area (Å²) in [6, 6.07) is 11.2. The average molecular weight is 400 g/mol. The average Bonchev–Trinajstić information content (AvgIpc) is 3.16. The van der Waals surface area contributed by atoms with Gasteiger partial charge in [-0.1, -0.05) is 11.6 Å². The van der Waals surface area contributed by atoms with Crippen molar-refractivity contribution in [2.45, 2.75) is 6.92 Å². The summed E-state index contributed by atoms with van der Waals surface area (Å²) >= 11 is 6.41. The summed E-state index contributed by atoms with van der Waals surface area (Å²) in [5.41, 5.74) is 2.31. The standard InChI is InChI=1S/C21H22ClN3O3/c1-2-27-21(26)16-4-3-15(25-9-7-23-8-10-25)12-19(16)28-20-11-14-5-6-24-18(14)13-17(20)22/h3-6,11-13,23-24H,2,7-10H2,1H3. The Hall–Kier alpha value is -2.70. The van der Waals surface area contributed by atoms with Crippen LogP contribution in [-0.2, 0) is 4.74 Å². The third-order valence-electron chi connectivity index (χ3n) is 4.77. The largest absolute Gasteiger partial charge is 0.462 e. The van der Waals surface area contributed by atoms with Gasteiger partial charge in [-0.05, 0) is 37.3 Å². The molecule has 2 heterocycles. The van der Waals surface area contributed by atoms with Crippen LogP contribution in [0.1, 0.15) is 17.3 Å². The fourth-order valence-electron chi connectivity index (χ4n) is 3.34. The third kappa shape index (κ3) is 3.79. The van der Waals surface area contributed by atoms with Crippen LogP contribution in [0.15, 0.2) is 42.6 Å². The molecule has 2 N–H and O–H groups in total. The van der Waals surface area contributed by atoms with E-state index < -0.39 is 5.97 Å². The summed E-state index contributed by atoms with van der Waals surface area (Å²) in [6.07, 6.45) is 1.85. The molecule has 0 aliphatic carbocycles. The Labute approximate surface area is 168 Å². The number of hydrogen-bond donors (Lipinski definition) is 2. The topological polar surface area (TPSA) is 66.6 Å². The summed E-state index contributed by atoms with van der Waals surface area (Å²) in [5.74, 6) is 0.520. The van der Waals surface area contributed by atoms with E-state index in [2.05, 4.69) is 15.2 Å². The first-order valence-corrected chi connectivity index (χ1v) is 9.75. The summed E-state index contributed by atoms with van der Waals surface area (Å²) in [5, 5.41) is 4.79. The molecule has 0 amide bonds. The van der Waals surface area contributed by atoms with E-state index in [0.29, 0.717) is 28.7 Å². The van der Waals surface area contributed by atoms with E-state index in [1.165, 1.54) is 0 Å². The zero-order valence-electron chi connectivity index (χ0n) is 15.6. The molecule has 3 aromatic rings. The molecular weight excluding hydrogens is 378 g/mol. The minimum atomic E-state index is -0.414. The van der Waals surface area contributed by atoms with Gasteiger partial charge in [-0.3, -0.25) is 0 Å². The SMILES string of the molecule is CCOC(=O)c1ccc(N2CCNCC2)cc1Oc1cc2cc[nH]c2cc1Cl. The molecule has 146 valence electrons. The van der Waals surface area contributed by atoms with Crippen LogP contribution in [0.2, 0.25) is 5.02 Å². The Morgan fingerprint density at radius 1 is 1.14 bits per heavy atom. The number of H-pyrrole nitrogens is 1. The summed E-state index contributed by atoms with van der Waals surface area (Å²) < 4.78 is 11.3. The molecule has 2 aromatic carbocycles. The van der Waals surface area contributed by atoms with Crippen molar-refractivity contribution in [3.8, 4) is 11.5 Å². The van der Waals surface area contributed by atoms with Crippen molar-refractivity contribution in [1.29, 1.82) is 0 Å². The van der Waals surface area contributed by atoms with Crippen LogP contribution < -0.4 is 15.0 Å². The van der Waals surface area contributed by atoms with Gasteiger partial charge in [-0.25, -0.2) is 4.79 Å². The number of ether oxygens (including phenoxy) is 2. The summed E-state index contributed by atoms with van der Waals surface area (Å²) in [7, 11) is 0. The van der Waals surface area contributed by atoms with Gasteiger partial charge >= 0.3 is 5.97 Å². The monoisotopic (exact) mass is 399 g/mol. The van der Waals surface area contributed by atoms with E-state index in [4.69, 9.17) is 21.1 Å². The van der Waals surface area contributed by atoms with Crippen molar-refractivity contribution >= 4 is 34.2 Å². The normalized spacial score (nSPS) is 14.3. The smallest absolute Gasteiger partial charge is 0.341 e. The summed E-state index contributed by atoms with van der Waals surface area (Å²) in [4.78, 5) is 17.8. The molecule has 6 nitrogen and oxygen atoms in total. The van der Waals surface area contributed by atoms with Gasteiger partial charge in [0, 0.05) is 55.0 Å². The van der Waals surface area contributed by atoms with Crippen LogP contribution in [0.3, 0.4) is 0 Å². The zero-order chi connectivity index (χ0) is 19.5. The molecule has 4 rings (SSSR count). The van der Waals surface area contributed by atoms with E-state index in [0.717, 1.165) is 42.8 Å². The lowest BCUT2D eigenvalue weighted by Gasteiger charge is -2.30. The zero-order valence-corrected chi connectivity index (χ0v) is 16.4. The summed E-state index contributed by atoms with van der Waals surface area (Å²) in [6.45, 7) is 5.72. The Bertz CT molecular complexity index is 996. The number of halogens is 1. The molecule has 0 bridgehead atoms. The van der Waals surface area contributed by atoms with Gasteiger partial charge in [-0.2, -0.15) is 0 Å². The second kappa shape index (κ2) is 8.12. The number of esters is 1. The van der Waals surface area contributed by atoms with Crippen LogP contribution in [0.4, 0.5) is 5.69 Å². The van der Waals surface area contributed by atoms with Crippen LogP contribution in [0.25, 0.3) is 10.9 Å². The lowest BCUT2D eigenvalue weighted by Crippen LogP contribution is -2.43. The quantitative estimate of drug-likeness (QED) is 0.629. The van der Waals surface area contributed by atoms with E-state index in [-0.39, 0.29) is 0 Å². The van der Waals surface area contributed by atoms with Crippen molar-refractivity contribution in [1.82, 2.24) is 10.3 Å². The number of hydrogen-bond acceptors (Lipinski definition) is 5. The molecule has 0 spiro atoms. The molecule has 0 radical (unpaired) electrons. The van der Waals surface area contributed by atoms with Crippen molar-refractivity contribution in [3.63, 3.8) is 0 Å². The number of carbonyl (C=O) groups is 1. The minimum absolute atomic E-state index is 0.299. The van der Waals surface area contributed by atoms with Gasteiger partial charge in [-0.15, -0.1) is 0 Å². The Balaban J connectivity index is 1.72. The Kier molecular flexibility index (Phi) is 5.41. The van der Waals surface area contributed by atoms with E-state index >= 15 is 0 Å². The van der Waals surface area contributed by atoms with Crippen molar-refractivity contribution in [3.05, 3.63) is 53.2 Å². The molecule has 0 saturated carbocycles. The maximum atomic E-state index is 12.4. The number of nitrogens with zero attached hydrogens (tertiary/aromatic N) is 1. The molecule has 1 aliphatic rings. The van der Waals surface area contributed by atoms with Crippen LogP contribution in [0.5, 0.6) is 11.5 Å². The van der Waals surface area contributed by atoms with Gasteiger partial charge in [0.25, 0.3) is 0 Å². The maximum absolute atomic E-state index is 12.4. The number of piperazine rings is 1. The highest BCUT2D eigenvalue weighted by atomic mass is 35.5. The van der Waals surface area contributed by atoms with Crippen molar-refractivity contribution in [2.24, 2.45) is 0 Å². The molecule has 0 unspecified atom stereocenters. The number of anilines is 1. The Morgan fingerprint density at radius 3 is 2.75 bits per heavy atom. The predicted molar refractivity (Wildman–Crippen MR) is 111 cm³/mol. The second-order valence-corrected chi connectivity index (χ2v) is 6.99. The molecule has 0 atom stereocenters. The first kappa shape index (κ1) is 18.7.